The Morgan fingerprint density at radius 2 is 1.86 bits per heavy atom. The van der Waals surface area contributed by atoms with E-state index >= 15 is 0 Å². The average Bonchev–Trinajstić information content (AvgIpc) is 2.48. The number of carboxylic acids is 1. The second-order valence-corrected chi connectivity index (χ2v) is 5.32. The fourth-order valence-corrected chi connectivity index (χ4v) is 2.10. The number of hydrogen-bond donors (Lipinski definition) is 1. The highest BCUT2D eigenvalue weighted by Gasteiger charge is 2.12. The summed E-state index contributed by atoms with van der Waals surface area (Å²) < 4.78 is 5.86. The van der Waals surface area contributed by atoms with Crippen molar-refractivity contribution in [2.45, 2.75) is 26.9 Å². The first-order valence-electron chi connectivity index (χ1n) is 7.05. The van der Waals surface area contributed by atoms with Gasteiger partial charge in [0.1, 0.15) is 12.4 Å². The molecule has 3 nitrogen and oxygen atoms in total. The molecule has 110 valence electrons. The van der Waals surface area contributed by atoms with Crippen molar-refractivity contribution < 1.29 is 14.6 Å². The molecule has 0 heterocycles. The molecule has 0 aliphatic carbocycles. The Bertz CT molecular complexity index is 605. The Morgan fingerprint density at radius 1 is 1.14 bits per heavy atom. The van der Waals surface area contributed by atoms with Crippen LogP contribution in [-0.2, 0) is 17.8 Å². The Kier molecular flexibility index (Phi) is 4.99. The first kappa shape index (κ1) is 15.1. The van der Waals surface area contributed by atoms with Gasteiger partial charge in [0.15, 0.2) is 0 Å². The van der Waals surface area contributed by atoms with E-state index in [2.05, 4.69) is 0 Å². The van der Waals surface area contributed by atoms with Crippen LogP contribution in [0.5, 0.6) is 5.75 Å². The van der Waals surface area contributed by atoms with Crippen LogP contribution < -0.4 is 4.74 Å². The maximum Gasteiger partial charge on any atom is 0.306 e. The molecule has 0 fully saturated rings. The third kappa shape index (κ3) is 4.35. The lowest BCUT2D eigenvalue weighted by atomic mass is 10.00. The van der Waals surface area contributed by atoms with Crippen molar-refractivity contribution >= 4 is 5.97 Å². The molecule has 2 rings (SSSR count). The van der Waals surface area contributed by atoms with Crippen molar-refractivity contribution in [2.24, 2.45) is 5.92 Å². The van der Waals surface area contributed by atoms with Gasteiger partial charge >= 0.3 is 5.97 Å². The van der Waals surface area contributed by atoms with E-state index in [1.165, 1.54) is 0 Å². The highest BCUT2D eigenvalue weighted by atomic mass is 16.5. The van der Waals surface area contributed by atoms with Crippen molar-refractivity contribution in [2.75, 3.05) is 0 Å². The van der Waals surface area contributed by atoms with E-state index in [4.69, 9.17) is 9.84 Å². The maximum absolute atomic E-state index is 10.9. The number of benzene rings is 2. The Hall–Kier alpha value is -2.29. The highest BCUT2D eigenvalue weighted by molar-refractivity contribution is 5.69. The largest absolute Gasteiger partial charge is 0.489 e. The minimum Gasteiger partial charge on any atom is -0.489 e. The molecule has 2 aromatic rings. The van der Waals surface area contributed by atoms with Crippen LogP contribution in [-0.4, -0.2) is 11.1 Å². The first-order chi connectivity index (χ1) is 10.1. The third-order valence-electron chi connectivity index (χ3n) is 3.45. The predicted molar refractivity (Wildman–Crippen MR) is 82.5 cm³/mol. The molecular weight excluding hydrogens is 264 g/mol. The summed E-state index contributed by atoms with van der Waals surface area (Å²) in [4.78, 5) is 10.9. The molecule has 2 aromatic carbocycles. The lowest BCUT2D eigenvalue weighted by Crippen LogP contribution is -2.12. The zero-order valence-electron chi connectivity index (χ0n) is 12.4. The lowest BCUT2D eigenvalue weighted by Gasteiger charge is -2.12. The predicted octanol–water partition coefficient (Wildman–Crippen LogP) is 3.84. The number of rotatable bonds is 6. The molecule has 3 heteroatoms. The van der Waals surface area contributed by atoms with Crippen LogP contribution in [0.1, 0.15) is 23.6 Å². The lowest BCUT2D eigenvalue weighted by molar-refractivity contribution is -0.141. The van der Waals surface area contributed by atoms with Crippen molar-refractivity contribution in [1.29, 1.82) is 0 Å². The molecule has 1 unspecified atom stereocenters. The van der Waals surface area contributed by atoms with Crippen LogP contribution in [0.25, 0.3) is 0 Å². The van der Waals surface area contributed by atoms with Gasteiger partial charge in [0.05, 0.1) is 5.92 Å². The minimum absolute atomic E-state index is 0.394. The monoisotopic (exact) mass is 284 g/mol. The maximum atomic E-state index is 10.9. The summed E-state index contributed by atoms with van der Waals surface area (Å²) in [5, 5.41) is 8.99. The van der Waals surface area contributed by atoms with Gasteiger partial charge in [0, 0.05) is 0 Å². The molecule has 0 spiro atoms. The molecule has 1 N–H and O–H groups in total. The van der Waals surface area contributed by atoms with Crippen molar-refractivity contribution in [3.8, 4) is 5.75 Å². The van der Waals surface area contributed by atoms with E-state index in [1.54, 1.807) is 6.92 Å². The number of aryl methyl sites for hydroxylation is 1. The summed E-state index contributed by atoms with van der Waals surface area (Å²) in [6.07, 6.45) is 0.511. The summed E-state index contributed by atoms with van der Waals surface area (Å²) in [5.74, 6) is -0.356. The fourth-order valence-electron chi connectivity index (χ4n) is 2.10. The Labute approximate surface area is 125 Å². The number of aliphatic carboxylic acids is 1. The summed E-state index contributed by atoms with van der Waals surface area (Å²) in [7, 11) is 0. The molecule has 1 atom stereocenters. The number of ether oxygens (including phenoxy) is 1. The van der Waals surface area contributed by atoms with Crippen LogP contribution in [0.3, 0.4) is 0 Å². The van der Waals surface area contributed by atoms with Gasteiger partial charge in [-0.15, -0.1) is 0 Å². The van der Waals surface area contributed by atoms with Crippen LogP contribution >= 0.6 is 0 Å². The van der Waals surface area contributed by atoms with E-state index in [0.717, 1.165) is 22.4 Å². The van der Waals surface area contributed by atoms with Crippen LogP contribution in [0.15, 0.2) is 48.5 Å². The summed E-state index contributed by atoms with van der Waals surface area (Å²) in [6.45, 7) is 4.22. The highest BCUT2D eigenvalue weighted by Crippen LogP contribution is 2.22. The molecule has 0 aliphatic heterocycles. The van der Waals surface area contributed by atoms with E-state index in [1.807, 2.05) is 55.5 Å². The van der Waals surface area contributed by atoms with Gasteiger partial charge in [-0.25, -0.2) is 0 Å². The van der Waals surface area contributed by atoms with Crippen molar-refractivity contribution in [3.05, 3.63) is 65.2 Å². The van der Waals surface area contributed by atoms with Crippen molar-refractivity contribution in [1.82, 2.24) is 0 Å². The van der Waals surface area contributed by atoms with Crippen LogP contribution in [0.4, 0.5) is 0 Å². The minimum atomic E-state index is -0.776. The Balaban J connectivity index is 2.06. The van der Waals surface area contributed by atoms with Gasteiger partial charge in [0.2, 0.25) is 0 Å². The molecule has 0 saturated carbocycles. The molecule has 0 aliphatic rings. The number of carboxylic acid groups (broad SMARTS) is 1. The third-order valence-corrected chi connectivity index (χ3v) is 3.45. The van der Waals surface area contributed by atoms with Gasteiger partial charge in [0.25, 0.3) is 0 Å². The van der Waals surface area contributed by atoms with Crippen molar-refractivity contribution in [3.63, 3.8) is 0 Å². The van der Waals surface area contributed by atoms with Crippen LogP contribution in [0, 0.1) is 12.8 Å². The molecule has 0 aromatic heterocycles. The standard InChI is InChI=1S/C18H20O3/c1-13-8-9-16(10-14(2)18(19)20)11-17(13)21-12-15-6-4-3-5-7-15/h3-9,11,14H,10,12H2,1-2H3,(H,19,20). The molecule has 0 radical (unpaired) electrons. The van der Waals surface area contributed by atoms with E-state index in [-0.39, 0.29) is 0 Å². The zero-order chi connectivity index (χ0) is 15.2. The van der Waals surface area contributed by atoms with Gasteiger partial charge in [-0.1, -0.05) is 49.4 Å². The quantitative estimate of drug-likeness (QED) is 0.876. The smallest absolute Gasteiger partial charge is 0.306 e. The normalized spacial score (nSPS) is 11.9. The second kappa shape index (κ2) is 6.93. The molecule has 0 amide bonds. The zero-order valence-corrected chi connectivity index (χ0v) is 12.4. The summed E-state index contributed by atoms with van der Waals surface area (Å²) in [5.41, 5.74) is 3.15. The molecule has 0 saturated heterocycles. The first-order valence-corrected chi connectivity index (χ1v) is 7.05. The van der Waals surface area contributed by atoms with E-state index < -0.39 is 11.9 Å². The topological polar surface area (TPSA) is 46.5 Å². The number of carbonyl (C=O) groups is 1. The van der Waals surface area contributed by atoms with Gasteiger partial charge < -0.3 is 9.84 Å². The van der Waals surface area contributed by atoms with Crippen LogP contribution in [0.2, 0.25) is 0 Å². The second-order valence-electron chi connectivity index (χ2n) is 5.32. The van der Waals surface area contributed by atoms with Gasteiger partial charge in [-0.05, 0) is 36.1 Å². The van der Waals surface area contributed by atoms with Gasteiger partial charge in [-0.3, -0.25) is 4.79 Å². The molecule has 0 bridgehead atoms. The summed E-state index contributed by atoms with van der Waals surface area (Å²) >= 11 is 0. The van der Waals surface area contributed by atoms with Gasteiger partial charge in [-0.2, -0.15) is 0 Å². The Morgan fingerprint density at radius 3 is 2.52 bits per heavy atom. The van der Waals surface area contributed by atoms with E-state index in [9.17, 15) is 4.79 Å². The molecule has 21 heavy (non-hydrogen) atoms. The molecular formula is C18H20O3. The van der Waals surface area contributed by atoms with E-state index in [0.29, 0.717) is 13.0 Å². The number of hydrogen-bond acceptors (Lipinski definition) is 2. The average molecular weight is 284 g/mol. The SMILES string of the molecule is Cc1ccc(CC(C)C(=O)O)cc1OCc1ccccc1. The summed E-state index contributed by atoms with van der Waals surface area (Å²) in [6, 6.07) is 15.9. The fraction of sp³-hybridized carbons (Fsp3) is 0.278.